The molecule has 1 saturated heterocycles. The number of fused-ring (bicyclic) bond motifs is 2. The highest BCUT2D eigenvalue weighted by Gasteiger charge is 2.44. The van der Waals surface area contributed by atoms with Gasteiger partial charge in [0.05, 0.1) is 25.4 Å². The second kappa shape index (κ2) is 6.24. The summed E-state index contributed by atoms with van der Waals surface area (Å²) in [6.45, 7) is 4.86. The Bertz CT molecular complexity index is 475. The van der Waals surface area contributed by atoms with Gasteiger partial charge in [-0.2, -0.15) is 0 Å². The highest BCUT2D eigenvalue weighted by Crippen LogP contribution is 2.32. The zero-order valence-electron chi connectivity index (χ0n) is 11.7. The van der Waals surface area contributed by atoms with E-state index < -0.39 is 15.6 Å². The molecule has 6 nitrogen and oxygen atoms in total. The van der Waals surface area contributed by atoms with Gasteiger partial charge in [0.2, 0.25) is 5.91 Å². The Labute approximate surface area is 119 Å². The summed E-state index contributed by atoms with van der Waals surface area (Å²) in [7, 11) is -3.33. The maximum atomic E-state index is 12.2. The van der Waals surface area contributed by atoms with Gasteiger partial charge in [0.25, 0.3) is 0 Å². The SMILES string of the molecule is C=CCO[C@H]1[C@H]2CC[C@H]1OCCN2C(=O)CS(C)(=O)=O. The molecule has 1 heterocycles. The van der Waals surface area contributed by atoms with Crippen LogP contribution in [0.25, 0.3) is 0 Å². The molecule has 1 aliphatic heterocycles. The molecular weight excluding hydrogens is 282 g/mol. The summed E-state index contributed by atoms with van der Waals surface area (Å²) in [5.41, 5.74) is 0. The molecule has 2 rings (SSSR count). The van der Waals surface area contributed by atoms with Crippen LogP contribution in [0.1, 0.15) is 12.8 Å². The fourth-order valence-electron chi connectivity index (χ4n) is 2.91. The Kier molecular flexibility index (Phi) is 4.82. The van der Waals surface area contributed by atoms with E-state index in [2.05, 4.69) is 6.58 Å². The van der Waals surface area contributed by atoms with Gasteiger partial charge in [0, 0.05) is 12.8 Å². The Hall–Kier alpha value is -0.920. The molecule has 0 radical (unpaired) electrons. The van der Waals surface area contributed by atoms with Gasteiger partial charge >= 0.3 is 0 Å². The van der Waals surface area contributed by atoms with Gasteiger partial charge in [-0.25, -0.2) is 8.42 Å². The molecule has 2 fully saturated rings. The molecular formula is C13H21NO5S. The molecule has 20 heavy (non-hydrogen) atoms. The molecule has 114 valence electrons. The van der Waals surface area contributed by atoms with Crippen LogP contribution in [0.2, 0.25) is 0 Å². The van der Waals surface area contributed by atoms with Crippen molar-refractivity contribution in [2.45, 2.75) is 31.1 Å². The summed E-state index contributed by atoms with van der Waals surface area (Å²) in [5, 5.41) is 0. The van der Waals surface area contributed by atoms with E-state index in [1.807, 2.05) is 0 Å². The molecule has 1 aliphatic carbocycles. The maximum absolute atomic E-state index is 12.2. The standard InChI is InChI=1S/C13H21NO5S/c1-3-7-19-13-10-4-5-11(13)18-8-6-14(10)12(15)9-20(2,16)17/h3,10-11,13H,1,4-9H2,2H3/t10-,11-,13+/m1/s1. The molecule has 1 saturated carbocycles. The highest BCUT2D eigenvalue weighted by atomic mass is 32.2. The average molecular weight is 303 g/mol. The molecule has 0 aromatic heterocycles. The van der Waals surface area contributed by atoms with Crippen LogP contribution < -0.4 is 0 Å². The van der Waals surface area contributed by atoms with Crippen molar-refractivity contribution in [3.63, 3.8) is 0 Å². The van der Waals surface area contributed by atoms with E-state index in [9.17, 15) is 13.2 Å². The zero-order valence-corrected chi connectivity index (χ0v) is 12.5. The maximum Gasteiger partial charge on any atom is 0.238 e. The van der Waals surface area contributed by atoms with Crippen molar-refractivity contribution in [2.24, 2.45) is 0 Å². The smallest absolute Gasteiger partial charge is 0.238 e. The second-order valence-electron chi connectivity index (χ2n) is 5.30. The van der Waals surface area contributed by atoms with Crippen LogP contribution in [0.4, 0.5) is 0 Å². The predicted octanol–water partition coefficient (Wildman–Crippen LogP) is -0.00800. The average Bonchev–Trinajstić information content (AvgIpc) is 2.60. The summed E-state index contributed by atoms with van der Waals surface area (Å²) in [4.78, 5) is 13.8. The molecule has 2 bridgehead atoms. The van der Waals surface area contributed by atoms with Gasteiger partial charge in [-0.3, -0.25) is 4.79 Å². The fraction of sp³-hybridized carbons (Fsp3) is 0.769. The molecule has 0 N–H and O–H groups in total. The van der Waals surface area contributed by atoms with Crippen molar-refractivity contribution in [3.8, 4) is 0 Å². The molecule has 0 aromatic rings. The summed E-state index contributed by atoms with van der Waals surface area (Å²) >= 11 is 0. The lowest BCUT2D eigenvalue weighted by molar-refractivity contribution is -0.132. The Balaban J connectivity index is 2.12. The number of hydrogen-bond acceptors (Lipinski definition) is 5. The first-order valence-electron chi connectivity index (χ1n) is 6.73. The predicted molar refractivity (Wildman–Crippen MR) is 74.1 cm³/mol. The molecule has 7 heteroatoms. The van der Waals surface area contributed by atoms with Crippen LogP contribution in [0.15, 0.2) is 12.7 Å². The number of carbonyl (C=O) groups excluding carboxylic acids is 1. The molecule has 1 amide bonds. The van der Waals surface area contributed by atoms with Gasteiger partial charge in [-0.1, -0.05) is 6.08 Å². The largest absolute Gasteiger partial charge is 0.374 e. The summed E-state index contributed by atoms with van der Waals surface area (Å²) in [6.07, 6.45) is 4.13. The summed E-state index contributed by atoms with van der Waals surface area (Å²) in [6, 6.07) is -0.100. The van der Waals surface area contributed by atoms with Crippen LogP contribution >= 0.6 is 0 Å². The third-order valence-corrected chi connectivity index (χ3v) is 4.44. The minimum atomic E-state index is -3.33. The molecule has 3 atom stereocenters. The number of ether oxygens (including phenoxy) is 2. The van der Waals surface area contributed by atoms with Crippen molar-refractivity contribution in [3.05, 3.63) is 12.7 Å². The topological polar surface area (TPSA) is 72.9 Å². The van der Waals surface area contributed by atoms with Gasteiger partial charge in [0.15, 0.2) is 9.84 Å². The van der Waals surface area contributed by atoms with Crippen LogP contribution in [-0.2, 0) is 24.1 Å². The third-order valence-electron chi connectivity index (χ3n) is 3.67. The van der Waals surface area contributed by atoms with E-state index in [0.717, 1.165) is 19.1 Å². The van der Waals surface area contributed by atoms with Gasteiger partial charge < -0.3 is 14.4 Å². The fourth-order valence-corrected chi connectivity index (χ4v) is 3.52. The van der Waals surface area contributed by atoms with Crippen LogP contribution in [0.5, 0.6) is 0 Å². The van der Waals surface area contributed by atoms with Gasteiger partial charge in [-0.05, 0) is 12.8 Å². The van der Waals surface area contributed by atoms with E-state index in [4.69, 9.17) is 9.47 Å². The monoisotopic (exact) mass is 303 g/mol. The highest BCUT2D eigenvalue weighted by molar-refractivity contribution is 7.91. The number of nitrogens with zero attached hydrogens (tertiary/aromatic N) is 1. The lowest BCUT2D eigenvalue weighted by Gasteiger charge is -2.31. The van der Waals surface area contributed by atoms with E-state index >= 15 is 0 Å². The van der Waals surface area contributed by atoms with Crippen molar-refractivity contribution in [2.75, 3.05) is 31.8 Å². The quantitative estimate of drug-likeness (QED) is 0.668. The molecule has 0 spiro atoms. The number of carbonyl (C=O) groups is 1. The Morgan fingerprint density at radius 3 is 2.90 bits per heavy atom. The molecule has 0 aromatic carbocycles. The number of amides is 1. The Morgan fingerprint density at radius 2 is 2.25 bits per heavy atom. The van der Waals surface area contributed by atoms with E-state index in [1.54, 1.807) is 11.0 Å². The van der Waals surface area contributed by atoms with E-state index in [-0.39, 0.29) is 24.2 Å². The van der Waals surface area contributed by atoms with E-state index in [1.165, 1.54) is 0 Å². The Morgan fingerprint density at radius 1 is 1.50 bits per heavy atom. The normalized spacial score (nSPS) is 30.1. The lowest BCUT2D eigenvalue weighted by Crippen LogP contribution is -2.48. The van der Waals surface area contributed by atoms with Gasteiger partial charge in [-0.15, -0.1) is 6.58 Å². The number of rotatable bonds is 5. The first-order chi connectivity index (χ1) is 9.42. The first kappa shape index (κ1) is 15.5. The minimum Gasteiger partial charge on any atom is -0.374 e. The number of sulfone groups is 1. The first-order valence-corrected chi connectivity index (χ1v) is 8.79. The van der Waals surface area contributed by atoms with Crippen LogP contribution in [0.3, 0.4) is 0 Å². The van der Waals surface area contributed by atoms with Crippen LogP contribution in [-0.4, -0.2) is 69.2 Å². The summed E-state index contributed by atoms with van der Waals surface area (Å²) < 4.78 is 34.0. The minimum absolute atomic E-state index is 0.0176. The second-order valence-corrected chi connectivity index (χ2v) is 7.44. The van der Waals surface area contributed by atoms with Crippen molar-refractivity contribution in [1.82, 2.24) is 4.90 Å². The van der Waals surface area contributed by atoms with E-state index in [0.29, 0.717) is 19.8 Å². The molecule has 2 aliphatic rings. The number of hydrogen-bond donors (Lipinski definition) is 0. The zero-order chi connectivity index (χ0) is 14.8. The molecule has 0 unspecified atom stereocenters. The summed E-state index contributed by atoms with van der Waals surface area (Å²) in [5.74, 6) is -0.821. The van der Waals surface area contributed by atoms with Crippen LogP contribution in [0, 0.1) is 0 Å². The van der Waals surface area contributed by atoms with Crippen molar-refractivity contribution in [1.29, 1.82) is 0 Å². The third kappa shape index (κ3) is 3.59. The van der Waals surface area contributed by atoms with Crippen molar-refractivity contribution < 1.29 is 22.7 Å². The lowest BCUT2D eigenvalue weighted by atomic mass is 10.1. The van der Waals surface area contributed by atoms with Crippen molar-refractivity contribution >= 4 is 15.7 Å². The van der Waals surface area contributed by atoms with Gasteiger partial charge in [0.1, 0.15) is 11.9 Å².